The van der Waals surface area contributed by atoms with Crippen LogP contribution in [-0.4, -0.2) is 54.6 Å². The first-order valence-electron chi connectivity index (χ1n) is 9.71. The van der Waals surface area contributed by atoms with E-state index < -0.39 is 23.8 Å². The Morgan fingerprint density at radius 1 is 1.00 bits per heavy atom. The number of quaternary nitrogens is 1. The summed E-state index contributed by atoms with van der Waals surface area (Å²) in [7, 11) is 5.37. The van der Waals surface area contributed by atoms with E-state index in [-0.39, 0.29) is 11.0 Å². The van der Waals surface area contributed by atoms with Gasteiger partial charge in [-0.3, -0.25) is 4.79 Å². The van der Waals surface area contributed by atoms with E-state index >= 15 is 0 Å². The van der Waals surface area contributed by atoms with Crippen molar-refractivity contribution < 1.29 is 24.3 Å². The van der Waals surface area contributed by atoms with E-state index in [0.29, 0.717) is 0 Å². The van der Waals surface area contributed by atoms with Crippen molar-refractivity contribution in [3.63, 3.8) is 0 Å². The highest BCUT2D eigenvalue weighted by molar-refractivity contribution is 5.99. The Labute approximate surface area is 159 Å². The second-order valence-electron chi connectivity index (χ2n) is 8.09. The van der Waals surface area contributed by atoms with Gasteiger partial charge in [-0.05, 0) is 18.9 Å². The van der Waals surface area contributed by atoms with E-state index in [1.54, 1.807) is 33.3 Å². The van der Waals surface area contributed by atoms with Crippen molar-refractivity contribution >= 4 is 11.8 Å². The summed E-state index contributed by atoms with van der Waals surface area (Å²) in [6, 6.07) is 0. The molecule has 1 atom stereocenters. The highest BCUT2D eigenvalue weighted by Gasteiger charge is 2.39. The molecule has 0 amide bonds. The molecule has 0 heterocycles. The van der Waals surface area contributed by atoms with Crippen LogP contribution < -0.4 is 5.11 Å². The fourth-order valence-electron chi connectivity index (χ4n) is 2.94. The van der Waals surface area contributed by atoms with Gasteiger partial charge in [-0.1, -0.05) is 63.7 Å². The molecule has 26 heavy (non-hydrogen) atoms. The summed E-state index contributed by atoms with van der Waals surface area (Å²) in [5.41, 5.74) is -1.94. The molecule has 0 spiro atoms. The number of rotatable bonds is 15. The Bertz CT molecular complexity index is 477. The third-order valence-corrected chi connectivity index (χ3v) is 4.10. The highest BCUT2D eigenvalue weighted by Crippen LogP contribution is 2.16. The zero-order valence-electron chi connectivity index (χ0n) is 17.0. The van der Waals surface area contributed by atoms with Gasteiger partial charge >= 0.3 is 0 Å². The molecular formula is C21H37NO4. The number of unbranched alkanes of at least 4 members (excludes halogenated alkanes) is 7. The van der Waals surface area contributed by atoms with Gasteiger partial charge in [0.15, 0.2) is 11.4 Å². The number of carbonyl (C=O) groups excluding carboxylic acids is 2. The number of aliphatic carboxylic acids is 1. The second kappa shape index (κ2) is 12.8. The maximum atomic E-state index is 12.3. The molecule has 150 valence electrons. The van der Waals surface area contributed by atoms with Gasteiger partial charge in [-0.25, -0.2) is 0 Å². The summed E-state index contributed by atoms with van der Waals surface area (Å²) in [6.07, 6.45) is 15.6. The Kier molecular flexibility index (Phi) is 12.1. The normalized spacial score (nSPS) is 14.8. The number of likely N-dealkylation sites (N-methyl/N-ethyl adjacent to an activating group) is 1. The van der Waals surface area contributed by atoms with Gasteiger partial charge in [0, 0.05) is 12.4 Å². The van der Waals surface area contributed by atoms with Crippen molar-refractivity contribution in [2.24, 2.45) is 0 Å². The largest absolute Gasteiger partial charge is 0.550 e. The summed E-state index contributed by atoms with van der Waals surface area (Å²) in [5, 5.41) is 21.4. The zero-order valence-corrected chi connectivity index (χ0v) is 17.0. The summed E-state index contributed by atoms with van der Waals surface area (Å²) in [6.45, 7) is 2.22. The lowest BCUT2D eigenvalue weighted by molar-refractivity contribution is -0.875. The first-order chi connectivity index (χ1) is 12.1. The number of allylic oxidation sites excluding steroid dienone is 3. The third-order valence-electron chi connectivity index (χ3n) is 4.10. The van der Waals surface area contributed by atoms with Crippen LogP contribution in [0, 0.1) is 0 Å². The van der Waals surface area contributed by atoms with Gasteiger partial charge in [-0.2, -0.15) is 0 Å². The number of hydrogen-bond donors (Lipinski definition) is 1. The van der Waals surface area contributed by atoms with Gasteiger partial charge in [0.25, 0.3) is 0 Å². The van der Waals surface area contributed by atoms with Crippen molar-refractivity contribution in [1.29, 1.82) is 0 Å². The molecule has 1 N–H and O–H groups in total. The predicted molar refractivity (Wildman–Crippen MR) is 103 cm³/mol. The van der Waals surface area contributed by atoms with Crippen LogP contribution in [0.4, 0.5) is 0 Å². The molecule has 1 unspecified atom stereocenters. The average Bonchev–Trinajstić information content (AvgIpc) is 2.49. The minimum atomic E-state index is -1.94. The van der Waals surface area contributed by atoms with Gasteiger partial charge in [0.1, 0.15) is 6.54 Å². The second-order valence-corrected chi connectivity index (χ2v) is 8.09. The highest BCUT2D eigenvalue weighted by atomic mass is 16.4. The van der Waals surface area contributed by atoms with Crippen molar-refractivity contribution in [3.05, 3.63) is 24.3 Å². The van der Waals surface area contributed by atoms with E-state index in [1.807, 2.05) is 6.08 Å². The number of nitrogens with zero attached hydrogens (tertiary/aromatic N) is 1. The quantitative estimate of drug-likeness (QED) is 0.209. The van der Waals surface area contributed by atoms with Crippen molar-refractivity contribution in [2.45, 2.75) is 70.3 Å². The zero-order chi connectivity index (χ0) is 20.1. The molecule has 5 nitrogen and oxygen atoms in total. The molecule has 0 fully saturated rings. The molecule has 0 saturated heterocycles. The maximum Gasteiger partial charge on any atom is 0.193 e. The fourth-order valence-corrected chi connectivity index (χ4v) is 2.94. The minimum Gasteiger partial charge on any atom is -0.550 e. The first-order valence-corrected chi connectivity index (χ1v) is 9.71. The van der Waals surface area contributed by atoms with E-state index in [2.05, 4.69) is 6.92 Å². The van der Waals surface area contributed by atoms with Crippen LogP contribution >= 0.6 is 0 Å². The number of hydrogen-bond acceptors (Lipinski definition) is 4. The Hall–Kier alpha value is -1.46. The lowest BCUT2D eigenvalue weighted by Crippen LogP contribution is -2.55. The maximum absolute atomic E-state index is 12.3. The smallest absolute Gasteiger partial charge is 0.193 e. The summed E-state index contributed by atoms with van der Waals surface area (Å²) >= 11 is 0. The Balaban J connectivity index is 4.33. The van der Waals surface area contributed by atoms with Gasteiger partial charge in [0.05, 0.1) is 21.1 Å². The lowest BCUT2D eigenvalue weighted by Gasteiger charge is -2.34. The van der Waals surface area contributed by atoms with Crippen LogP contribution in [-0.2, 0) is 9.59 Å². The molecule has 0 aromatic carbocycles. The molecule has 0 aromatic heterocycles. The Morgan fingerprint density at radius 2 is 1.58 bits per heavy atom. The van der Waals surface area contributed by atoms with Crippen LogP contribution in [0.3, 0.4) is 0 Å². The average molecular weight is 368 g/mol. The monoisotopic (exact) mass is 367 g/mol. The van der Waals surface area contributed by atoms with E-state index in [4.69, 9.17) is 0 Å². The van der Waals surface area contributed by atoms with Crippen LogP contribution in [0.1, 0.15) is 64.7 Å². The van der Waals surface area contributed by atoms with E-state index in [1.165, 1.54) is 44.6 Å². The minimum absolute atomic E-state index is 0.00585. The van der Waals surface area contributed by atoms with Crippen LogP contribution in [0.25, 0.3) is 0 Å². The fraction of sp³-hybridized carbons (Fsp3) is 0.714. The molecule has 0 aromatic rings. The van der Waals surface area contributed by atoms with Crippen LogP contribution in [0.2, 0.25) is 0 Å². The number of carbonyl (C=O) groups is 2. The molecule has 0 aliphatic carbocycles. The van der Waals surface area contributed by atoms with E-state index in [9.17, 15) is 19.8 Å². The predicted octanol–water partition coefficient (Wildman–Crippen LogP) is 2.39. The molecule has 0 saturated carbocycles. The molecule has 0 bridgehead atoms. The molecule has 0 rings (SSSR count). The number of ketones is 1. The molecule has 5 heteroatoms. The molecule has 0 radical (unpaired) electrons. The SMILES string of the molecule is CCCCCCCCC/C=C/C=C/C(=O)C(O)(CC(=O)[O-])C[N+](C)(C)C. The van der Waals surface area contributed by atoms with E-state index in [0.717, 1.165) is 12.8 Å². The number of aliphatic hydroxyl groups is 1. The van der Waals surface area contributed by atoms with Gasteiger partial charge < -0.3 is 19.5 Å². The van der Waals surface area contributed by atoms with Crippen LogP contribution in [0.15, 0.2) is 24.3 Å². The van der Waals surface area contributed by atoms with Crippen LogP contribution in [0.5, 0.6) is 0 Å². The standard InChI is InChI=1S/C21H37NO4/c1-5-6-7-8-9-10-11-12-13-14-15-16-19(23)21(26,17-20(24)25)18-22(2,3)4/h13-16,26H,5-12,17-18H2,1-4H3/b14-13+,16-15+. The molecule has 0 aliphatic heterocycles. The third kappa shape index (κ3) is 12.8. The first kappa shape index (κ1) is 24.5. The van der Waals surface area contributed by atoms with Crippen molar-refractivity contribution in [1.82, 2.24) is 0 Å². The molecular weight excluding hydrogens is 330 g/mol. The van der Waals surface area contributed by atoms with Gasteiger partial charge in [-0.15, -0.1) is 0 Å². The number of carboxylic acids is 1. The summed E-state index contributed by atoms with van der Waals surface area (Å²) in [5.74, 6) is -2.03. The van der Waals surface area contributed by atoms with Gasteiger partial charge in [0.2, 0.25) is 0 Å². The summed E-state index contributed by atoms with van der Waals surface area (Å²) < 4.78 is 0.275. The molecule has 0 aliphatic rings. The van der Waals surface area contributed by atoms with Crippen molar-refractivity contribution in [2.75, 3.05) is 27.7 Å². The lowest BCUT2D eigenvalue weighted by atomic mass is 9.92. The van der Waals surface area contributed by atoms with Crippen molar-refractivity contribution in [3.8, 4) is 0 Å². The summed E-state index contributed by atoms with van der Waals surface area (Å²) in [4.78, 5) is 23.2. The topological polar surface area (TPSA) is 77.4 Å². The Morgan fingerprint density at radius 3 is 2.12 bits per heavy atom. The number of carboxylic acid groups (broad SMARTS) is 1.